The van der Waals surface area contributed by atoms with Gasteiger partial charge in [0, 0.05) is 5.69 Å². The van der Waals surface area contributed by atoms with E-state index in [9.17, 15) is 18.4 Å². The van der Waals surface area contributed by atoms with Crippen LogP contribution in [0.25, 0.3) is 0 Å². The number of amides is 1. The molecule has 0 aliphatic rings. The van der Waals surface area contributed by atoms with Crippen LogP contribution in [0.2, 0.25) is 5.02 Å². The van der Waals surface area contributed by atoms with Crippen LogP contribution in [0.15, 0.2) is 36.4 Å². The molecule has 4 nitrogen and oxygen atoms in total. The SMILES string of the molecule is CC[C@H](C)c1ccccc1NC(=O)COC(=O)c1cc(F)c(F)cc1Cl. The van der Waals surface area contributed by atoms with Crippen molar-refractivity contribution in [3.8, 4) is 0 Å². The van der Waals surface area contributed by atoms with Gasteiger partial charge in [-0.1, -0.05) is 43.6 Å². The first kappa shape index (κ1) is 19.8. The minimum atomic E-state index is -1.23. The molecule has 0 aliphatic heterocycles. The van der Waals surface area contributed by atoms with Crippen molar-refractivity contribution in [3.63, 3.8) is 0 Å². The van der Waals surface area contributed by atoms with E-state index in [1.807, 2.05) is 26.0 Å². The van der Waals surface area contributed by atoms with E-state index in [1.54, 1.807) is 12.1 Å². The van der Waals surface area contributed by atoms with Crippen molar-refractivity contribution in [2.45, 2.75) is 26.2 Å². The molecule has 0 heterocycles. The van der Waals surface area contributed by atoms with Crippen molar-refractivity contribution in [1.29, 1.82) is 0 Å². The van der Waals surface area contributed by atoms with Gasteiger partial charge in [0.15, 0.2) is 18.2 Å². The molecule has 138 valence electrons. The van der Waals surface area contributed by atoms with Crippen LogP contribution in [0, 0.1) is 11.6 Å². The maximum atomic E-state index is 13.2. The maximum absolute atomic E-state index is 13.2. The standard InChI is InChI=1S/C19H18ClF2NO3/c1-3-11(2)12-6-4-5-7-17(12)23-18(24)10-26-19(25)13-8-15(21)16(22)9-14(13)20/h4-9,11H,3,10H2,1-2H3,(H,23,24)/t11-/m0/s1. The van der Waals surface area contributed by atoms with E-state index in [2.05, 4.69) is 5.32 Å². The second kappa shape index (κ2) is 8.76. The second-order valence-corrected chi connectivity index (χ2v) is 6.17. The molecule has 2 rings (SSSR count). The lowest BCUT2D eigenvalue weighted by Gasteiger charge is -2.15. The van der Waals surface area contributed by atoms with Crippen LogP contribution in [-0.4, -0.2) is 18.5 Å². The largest absolute Gasteiger partial charge is 0.452 e. The highest BCUT2D eigenvalue weighted by molar-refractivity contribution is 6.33. The molecule has 0 saturated carbocycles. The van der Waals surface area contributed by atoms with Crippen LogP contribution in [0.1, 0.15) is 42.1 Å². The summed E-state index contributed by atoms with van der Waals surface area (Å²) in [6.07, 6.45) is 0.899. The molecule has 0 radical (unpaired) electrons. The predicted molar refractivity (Wildman–Crippen MR) is 95.4 cm³/mol. The minimum absolute atomic E-state index is 0.245. The number of carbonyl (C=O) groups excluding carboxylic acids is 2. The van der Waals surface area contributed by atoms with Crippen LogP contribution in [0.4, 0.5) is 14.5 Å². The van der Waals surface area contributed by atoms with Gasteiger partial charge >= 0.3 is 5.97 Å². The molecular weight excluding hydrogens is 364 g/mol. The smallest absolute Gasteiger partial charge is 0.340 e. The van der Waals surface area contributed by atoms with Gasteiger partial charge in [0.05, 0.1) is 10.6 Å². The van der Waals surface area contributed by atoms with Gasteiger partial charge in [-0.2, -0.15) is 0 Å². The molecule has 1 N–H and O–H groups in total. The van der Waals surface area contributed by atoms with Crippen molar-refractivity contribution in [3.05, 3.63) is 64.2 Å². The van der Waals surface area contributed by atoms with Gasteiger partial charge in [-0.25, -0.2) is 13.6 Å². The van der Waals surface area contributed by atoms with E-state index < -0.39 is 30.1 Å². The Morgan fingerprint density at radius 1 is 1.19 bits per heavy atom. The molecule has 2 aromatic carbocycles. The van der Waals surface area contributed by atoms with Crippen molar-refractivity contribution in [2.24, 2.45) is 0 Å². The summed E-state index contributed by atoms with van der Waals surface area (Å²) in [5.74, 6) is -3.72. The van der Waals surface area contributed by atoms with E-state index in [4.69, 9.17) is 16.3 Å². The first-order valence-corrected chi connectivity index (χ1v) is 8.41. The zero-order chi connectivity index (χ0) is 19.3. The highest BCUT2D eigenvalue weighted by Gasteiger charge is 2.18. The summed E-state index contributed by atoms with van der Waals surface area (Å²) in [7, 11) is 0. The van der Waals surface area contributed by atoms with Gasteiger partial charge in [-0.15, -0.1) is 0 Å². The third-order valence-corrected chi connectivity index (χ3v) is 4.26. The Kier molecular flexibility index (Phi) is 6.69. The molecule has 0 aromatic heterocycles. The first-order chi connectivity index (χ1) is 12.3. The zero-order valence-electron chi connectivity index (χ0n) is 14.3. The summed E-state index contributed by atoms with van der Waals surface area (Å²) < 4.78 is 31.1. The Labute approximate surface area is 155 Å². The second-order valence-electron chi connectivity index (χ2n) is 5.77. The molecule has 26 heavy (non-hydrogen) atoms. The number of hydrogen-bond donors (Lipinski definition) is 1. The normalized spacial score (nSPS) is 11.7. The predicted octanol–water partition coefficient (Wildman–Crippen LogP) is 4.93. The van der Waals surface area contributed by atoms with Gasteiger partial charge in [-0.3, -0.25) is 4.79 Å². The molecule has 0 spiro atoms. The van der Waals surface area contributed by atoms with Gasteiger partial charge in [0.1, 0.15) is 0 Å². The lowest BCUT2D eigenvalue weighted by Crippen LogP contribution is -2.22. The van der Waals surface area contributed by atoms with Crippen LogP contribution in [-0.2, 0) is 9.53 Å². The summed E-state index contributed by atoms with van der Waals surface area (Å²) >= 11 is 5.70. The Balaban J connectivity index is 2.02. The van der Waals surface area contributed by atoms with E-state index in [1.165, 1.54) is 0 Å². The highest BCUT2D eigenvalue weighted by atomic mass is 35.5. The van der Waals surface area contributed by atoms with Crippen molar-refractivity contribution in [1.82, 2.24) is 0 Å². The monoisotopic (exact) mass is 381 g/mol. The molecule has 0 fully saturated rings. The lowest BCUT2D eigenvalue weighted by molar-refractivity contribution is -0.119. The summed E-state index contributed by atoms with van der Waals surface area (Å²) in [4.78, 5) is 24.0. The number of ether oxygens (including phenoxy) is 1. The summed E-state index contributed by atoms with van der Waals surface area (Å²) in [5, 5.41) is 2.39. The number of esters is 1. The molecule has 0 aliphatic carbocycles. The van der Waals surface area contributed by atoms with Crippen LogP contribution < -0.4 is 5.32 Å². The number of hydrogen-bond acceptors (Lipinski definition) is 3. The molecule has 7 heteroatoms. The first-order valence-electron chi connectivity index (χ1n) is 8.03. The highest BCUT2D eigenvalue weighted by Crippen LogP contribution is 2.26. The fraction of sp³-hybridized carbons (Fsp3) is 0.263. The third kappa shape index (κ3) is 4.79. The molecule has 2 aromatic rings. The lowest BCUT2D eigenvalue weighted by atomic mass is 9.97. The van der Waals surface area contributed by atoms with Gasteiger partial charge in [-0.05, 0) is 36.1 Å². The Hall–Kier alpha value is -2.47. The fourth-order valence-corrected chi connectivity index (χ4v) is 2.56. The molecule has 0 unspecified atom stereocenters. The summed E-state index contributed by atoms with van der Waals surface area (Å²) in [6, 6.07) is 8.65. The number of para-hydroxylation sites is 1. The van der Waals surface area contributed by atoms with Crippen molar-refractivity contribution < 1.29 is 23.1 Å². The van der Waals surface area contributed by atoms with Crippen LogP contribution >= 0.6 is 11.6 Å². The summed E-state index contributed by atoms with van der Waals surface area (Å²) in [6.45, 7) is 3.50. The average molecular weight is 382 g/mol. The molecule has 1 atom stereocenters. The van der Waals surface area contributed by atoms with E-state index in [0.29, 0.717) is 17.8 Å². The number of nitrogens with one attached hydrogen (secondary N) is 1. The molecular formula is C19H18ClF2NO3. The van der Waals surface area contributed by atoms with Crippen LogP contribution in [0.5, 0.6) is 0 Å². The van der Waals surface area contributed by atoms with Gasteiger partial charge < -0.3 is 10.1 Å². The molecule has 0 bridgehead atoms. The minimum Gasteiger partial charge on any atom is -0.452 e. The van der Waals surface area contributed by atoms with E-state index in [-0.39, 0.29) is 16.5 Å². The van der Waals surface area contributed by atoms with Crippen molar-refractivity contribution in [2.75, 3.05) is 11.9 Å². The quantitative estimate of drug-likeness (QED) is 0.570. The molecule has 1 amide bonds. The van der Waals surface area contributed by atoms with Gasteiger partial charge in [0.2, 0.25) is 0 Å². The third-order valence-electron chi connectivity index (χ3n) is 3.94. The van der Waals surface area contributed by atoms with Crippen LogP contribution in [0.3, 0.4) is 0 Å². The topological polar surface area (TPSA) is 55.4 Å². The Morgan fingerprint density at radius 2 is 1.85 bits per heavy atom. The Morgan fingerprint density at radius 3 is 2.54 bits per heavy atom. The number of rotatable bonds is 6. The number of carbonyl (C=O) groups is 2. The Bertz CT molecular complexity index is 826. The summed E-state index contributed by atoms with van der Waals surface area (Å²) in [5.41, 5.74) is 1.26. The fourth-order valence-electron chi connectivity index (χ4n) is 2.33. The molecule has 0 saturated heterocycles. The average Bonchev–Trinajstić information content (AvgIpc) is 2.62. The van der Waals surface area contributed by atoms with Crippen molar-refractivity contribution >= 4 is 29.2 Å². The number of anilines is 1. The van der Waals surface area contributed by atoms with E-state index in [0.717, 1.165) is 12.0 Å². The maximum Gasteiger partial charge on any atom is 0.340 e. The van der Waals surface area contributed by atoms with Gasteiger partial charge in [0.25, 0.3) is 5.91 Å². The number of benzene rings is 2. The van der Waals surface area contributed by atoms with E-state index >= 15 is 0 Å². The zero-order valence-corrected chi connectivity index (χ0v) is 15.1. The number of halogens is 3.